The van der Waals surface area contributed by atoms with Crippen molar-refractivity contribution >= 4 is 29.0 Å². The van der Waals surface area contributed by atoms with Crippen molar-refractivity contribution in [3.8, 4) is 21.8 Å². The molecule has 0 radical (unpaired) electrons. The summed E-state index contributed by atoms with van der Waals surface area (Å²) < 4.78 is 112. The lowest BCUT2D eigenvalue weighted by molar-refractivity contribution is -0.292. The molecule has 1 fully saturated rings. The van der Waals surface area contributed by atoms with E-state index in [1.807, 2.05) is 0 Å². The third-order valence-corrected chi connectivity index (χ3v) is 6.27. The van der Waals surface area contributed by atoms with E-state index in [2.05, 4.69) is 14.8 Å². The van der Waals surface area contributed by atoms with Gasteiger partial charge in [0.05, 0.1) is 26.9 Å². The summed E-state index contributed by atoms with van der Waals surface area (Å²) in [4.78, 5) is 12.0. The number of halogens is 9. The van der Waals surface area contributed by atoms with Gasteiger partial charge < -0.3 is 5.32 Å². The molecule has 1 aromatic carbocycles. The highest BCUT2D eigenvalue weighted by molar-refractivity contribution is 7.09. The predicted molar refractivity (Wildman–Crippen MR) is 110 cm³/mol. The second-order valence-corrected chi connectivity index (χ2v) is 9.00. The van der Waals surface area contributed by atoms with Crippen LogP contribution in [0.3, 0.4) is 0 Å². The van der Waals surface area contributed by atoms with Crippen molar-refractivity contribution in [1.29, 1.82) is 0 Å². The Morgan fingerprint density at radius 2 is 1.77 bits per heavy atom. The molecule has 188 valence electrons. The number of nitrogens with one attached hydrogen (secondary N) is 1. The Hall–Kier alpha value is -2.74. The summed E-state index contributed by atoms with van der Waals surface area (Å²) >= 11 is 6.52. The van der Waals surface area contributed by atoms with Gasteiger partial charge in [-0.2, -0.15) is 44.6 Å². The molecule has 0 saturated heterocycles. The molecule has 2 aromatic heterocycles. The Morgan fingerprint density at radius 1 is 1.11 bits per heavy atom. The Bertz CT molecular complexity index is 1290. The topological polar surface area (TPSA) is 59.8 Å². The van der Waals surface area contributed by atoms with Gasteiger partial charge in [-0.15, -0.1) is 0 Å². The minimum absolute atomic E-state index is 0.0303. The van der Waals surface area contributed by atoms with Crippen LogP contribution in [0.4, 0.5) is 35.1 Å². The van der Waals surface area contributed by atoms with E-state index in [0.717, 1.165) is 26.0 Å². The molecule has 15 heteroatoms. The smallest absolute Gasteiger partial charge is 0.349 e. The number of aryl methyl sites for hydroxylation is 1. The number of amides is 1. The molecule has 1 N–H and O–H groups in total. The molecule has 0 aliphatic heterocycles. The summed E-state index contributed by atoms with van der Waals surface area (Å²) in [6.07, 6.45) is -10.2. The molecule has 4 rings (SSSR count). The zero-order valence-electron chi connectivity index (χ0n) is 17.4. The average Bonchev–Trinajstić information content (AvgIpc) is 3.27. The van der Waals surface area contributed by atoms with Crippen molar-refractivity contribution in [2.75, 3.05) is 0 Å². The van der Waals surface area contributed by atoms with Gasteiger partial charge in [0.1, 0.15) is 5.56 Å². The first-order valence-electron chi connectivity index (χ1n) is 9.78. The van der Waals surface area contributed by atoms with Crippen molar-refractivity contribution in [3.63, 3.8) is 0 Å². The normalized spacial score (nSPS) is 14.9. The highest BCUT2D eigenvalue weighted by Crippen LogP contribution is 2.50. The molecule has 3 aromatic rings. The number of carbonyl (C=O) groups excluding carboxylic acids is 1. The molecule has 5 nitrogen and oxygen atoms in total. The lowest BCUT2D eigenvalue weighted by atomic mass is 10.0. The zero-order chi connectivity index (χ0) is 25.9. The van der Waals surface area contributed by atoms with Gasteiger partial charge in [-0.25, -0.2) is 0 Å². The fraction of sp³-hybridized carbons (Fsp3) is 0.350. The van der Waals surface area contributed by atoms with E-state index in [-0.39, 0.29) is 32.8 Å². The van der Waals surface area contributed by atoms with Gasteiger partial charge in [-0.1, -0.05) is 17.7 Å². The van der Waals surface area contributed by atoms with Crippen LogP contribution in [0.5, 0.6) is 0 Å². The highest BCUT2D eigenvalue weighted by atomic mass is 35.5. The molecular formula is C20H13ClF8N4OS. The highest BCUT2D eigenvalue weighted by Gasteiger charge is 2.64. The maximum absolute atomic E-state index is 13.9. The van der Waals surface area contributed by atoms with E-state index in [1.165, 1.54) is 18.2 Å². The molecule has 35 heavy (non-hydrogen) atoms. The third-order valence-electron chi connectivity index (χ3n) is 5.15. The number of rotatable bonds is 5. The van der Waals surface area contributed by atoms with E-state index in [0.29, 0.717) is 16.2 Å². The van der Waals surface area contributed by atoms with Crippen LogP contribution in [0.1, 0.15) is 34.5 Å². The van der Waals surface area contributed by atoms with Gasteiger partial charge in [0.25, 0.3) is 5.91 Å². The Kier molecular flexibility index (Phi) is 6.11. The van der Waals surface area contributed by atoms with Crippen LogP contribution in [0.2, 0.25) is 5.02 Å². The summed E-state index contributed by atoms with van der Waals surface area (Å²) in [7, 11) is 0.822. The lowest BCUT2D eigenvalue weighted by Gasteiger charge is -2.19. The fourth-order valence-corrected chi connectivity index (χ4v) is 4.34. The van der Waals surface area contributed by atoms with Crippen LogP contribution >= 0.6 is 23.1 Å². The van der Waals surface area contributed by atoms with E-state index in [4.69, 9.17) is 11.6 Å². The summed E-state index contributed by atoms with van der Waals surface area (Å²) in [6.45, 7) is 0. The molecule has 2 heterocycles. The Balaban J connectivity index is 1.79. The minimum atomic E-state index is -6.29. The van der Waals surface area contributed by atoms with E-state index in [9.17, 15) is 39.9 Å². The largest absolute Gasteiger partial charge is 0.459 e. The standard InChI is InChI=1S/C20H13ClF8N4OS/c1-33-15(14(19(24,25)26)16(31-33)18(22,23)20(27,28)29)13-7-12(32-35-13)8-2-5-11(21)10(6-8)17(34)30-9-3-4-9/h2,5-7,9H,3-4H2,1H3,(H,30,34). The number of benzene rings is 1. The maximum Gasteiger partial charge on any atom is 0.459 e. The first-order valence-corrected chi connectivity index (χ1v) is 10.9. The van der Waals surface area contributed by atoms with Crippen LogP contribution in [0, 0.1) is 0 Å². The molecular weight excluding hydrogens is 532 g/mol. The van der Waals surface area contributed by atoms with Crippen LogP contribution in [-0.4, -0.2) is 32.3 Å². The van der Waals surface area contributed by atoms with E-state index < -0.39 is 41.1 Å². The van der Waals surface area contributed by atoms with Crippen molar-refractivity contribution in [1.82, 2.24) is 19.5 Å². The average molecular weight is 545 g/mol. The van der Waals surface area contributed by atoms with Crippen molar-refractivity contribution in [3.05, 3.63) is 46.1 Å². The molecule has 1 aliphatic rings. The number of aromatic nitrogens is 3. The molecule has 1 amide bonds. The quantitative estimate of drug-likeness (QED) is 0.377. The van der Waals surface area contributed by atoms with Crippen LogP contribution in [-0.2, 0) is 19.1 Å². The number of hydrogen-bond donors (Lipinski definition) is 1. The second-order valence-electron chi connectivity index (χ2n) is 7.78. The Morgan fingerprint density at radius 3 is 2.34 bits per heavy atom. The molecule has 1 saturated carbocycles. The van der Waals surface area contributed by atoms with Crippen LogP contribution in [0.25, 0.3) is 21.8 Å². The first kappa shape index (κ1) is 25.4. The SMILES string of the molecule is Cn1nc(C(F)(F)C(F)(F)F)c(C(F)(F)F)c1-c1cc(-c2ccc(Cl)c(C(=O)NC3CC3)c2)ns1. The van der Waals surface area contributed by atoms with Crippen molar-refractivity contribution in [2.24, 2.45) is 7.05 Å². The number of alkyl halides is 8. The maximum atomic E-state index is 13.9. The number of nitrogens with zero attached hydrogens (tertiary/aromatic N) is 3. The zero-order valence-corrected chi connectivity index (χ0v) is 18.9. The third kappa shape index (κ3) is 4.73. The van der Waals surface area contributed by atoms with E-state index >= 15 is 0 Å². The van der Waals surface area contributed by atoms with Crippen LogP contribution in [0.15, 0.2) is 24.3 Å². The summed E-state index contributed by atoms with van der Waals surface area (Å²) in [5.74, 6) is -6.30. The van der Waals surface area contributed by atoms with Crippen molar-refractivity contribution in [2.45, 2.75) is 37.2 Å². The van der Waals surface area contributed by atoms with Gasteiger partial charge in [0.2, 0.25) is 0 Å². The molecule has 0 spiro atoms. The van der Waals surface area contributed by atoms with Gasteiger partial charge in [-0.3, -0.25) is 9.48 Å². The van der Waals surface area contributed by atoms with Gasteiger partial charge >= 0.3 is 18.3 Å². The van der Waals surface area contributed by atoms with E-state index in [1.54, 1.807) is 0 Å². The predicted octanol–water partition coefficient (Wildman–Crippen LogP) is 6.43. The van der Waals surface area contributed by atoms with Gasteiger partial charge in [0, 0.05) is 18.7 Å². The monoisotopic (exact) mass is 544 g/mol. The van der Waals surface area contributed by atoms with Crippen LogP contribution < -0.4 is 5.32 Å². The minimum Gasteiger partial charge on any atom is -0.349 e. The first-order chi connectivity index (χ1) is 16.1. The fourth-order valence-electron chi connectivity index (χ4n) is 3.30. The molecule has 0 bridgehead atoms. The molecule has 0 unspecified atom stereocenters. The lowest BCUT2D eigenvalue weighted by Crippen LogP contribution is -2.36. The van der Waals surface area contributed by atoms with Gasteiger partial charge in [0.15, 0.2) is 5.69 Å². The molecule has 1 aliphatic carbocycles. The number of carbonyl (C=O) groups is 1. The summed E-state index contributed by atoms with van der Waals surface area (Å²) in [6, 6.07) is 5.29. The van der Waals surface area contributed by atoms with Crippen molar-refractivity contribution < 1.29 is 39.9 Å². The molecule has 0 atom stereocenters. The Labute approximate surface area is 200 Å². The summed E-state index contributed by atoms with van der Waals surface area (Å²) in [5.41, 5.74) is -5.24. The number of hydrogen-bond acceptors (Lipinski definition) is 4. The second kappa shape index (κ2) is 8.43. The summed E-state index contributed by atoms with van der Waals surface area (Å²) in [5, 5.41) is 5.75. The van der Waals surface area contributed by atoms with Gasteiger partial charge in [-0.05, 0) is 42.6 Å².